The molecule has 3 aromatic rings. The maximum Gasteiger partial charge on any atom is 0.247 e. The molecule has 0 aliphatic carbocycles. The van der Waals surface area contributed by atoms with Gasteiger partial charge in [0.05, 0.1) is 22.8 Å². The normalized spacial score (nSPS) is 17.2. The molecule has 2 heterocycles. The minimum absolute atomic E-state index is 0.363. The monoisotopic (exact) mass is 291 g/mol. The van der Waals surface area contributed by atoms with Crippen LogP contribution >= 0.6 is 0 Å². The molecule has 22 heavy (non-hydrogen) atoms. The van der Waals surface area contributed by atoms with Crippen LogP contribution in [0.1, 0.15) is 22.2 Å². The largest absolute Gasteiger partial charge is 0.754 e. The van der Waals surface area contributed by atoms with Crippen molar-refractivity contribution in [3.63, 3.8) is 0 Å². The van der Waals surface area contributed by atoms with E-state index in [0.29, 0.717) is 27.5 Å². The average Bonchev–Trinajstić information content (AvgIpc) is 2.58. The number of hydrogen-bond donors (Lipinski definition) is 1. The predicted molar refractivity (Wildman–Crippen MR) is 81.9 cm³/mol. The first kappa shape index (κ1) is 12.7. The second kappa shape index (κ2) is 4.78. The number of carbonyl (C=O) groups excluding carboxylic acids is 1. The minimum Gasteiger partial charge on any atom is -0.754 e. The summed E-state index contributed by atoms with van der Waals surface area (Å²) in [7, 11) is 0. The van der Waals surface area contributed by atoms with Crippen LogP contribution in [0.2, 0.25) is 0 Å². The van der Waals surface area contributed by atoms with Gasteiger partial charge in [-0.05, 0) is 24.3 Å². The van der Waals surface area contributed by atoms with Crippen molar-refractivity contribution < 1.29 is 4.79 Å². The fraction of sp³-hybridized carbons (Fsp3) is 0.0625. The number of nitrogens with zero attached hydrogens (tertiary/aromatic N) is 3. The van der Waals surface area contributed by atoms with Gasteiger partial charge in [0.2, 0.25) is 5.91 Å². The number of hydrogen-bond acceptors (Lipinski definition) is 5. The highest BCUT2D eigenvalue weighted by Gasteiger charge is 2.28. The van der Waals surface area contributed by atoms with E-state index in [0.717, 1.165) is 5.52 Å². The number of anilines is 1. The third kappa shape index (κ3) is 1.89. The van der Waals surface area contributed by atoms with E-state index in [9.17, 15) is 10.0 Å². The van der Waals surface area contributed by atoms with Gasteiger partial charge in [0, 0.05) is 5.69 Å². The number of benzene rings is 2. The molecule has 2 aromatic carbocycles. The molecule has 0 radical (unpaired) electrons. The molecule has 4 rings (SSSR count). The highest BCUT2D eigenvalue weighted by atomic mass is 16.5. The molecule has 0 saturated heterocycles. The van der Waals surface area contributed by atoms with Gasteiger partial charge in [0.25, 0.3) is 0 Å². The fourth-order valence-corrected chi connectivity index (χ4v) is 2.53. The van der Waals surface area contributed by atoms with E-state index in [2.05, 4.69) is 15.3 Å². The molecule has 1 amide bonds. The van der Waals surface area contributed by atoms with E-state index in [1.165, 1.54) is 6.20 Å². The van der Waals surface area contributed by atoms with Crippen LogP contribution in [-0.4, -0.2) is 20.9 Å². The molecule has 1 atom stereocenters. The van der Waals surface area contributed by atoms with Crippen LogP contribution < -0.4 is 5.32 Å². The number of hydroxylamine groups is 2. The molecule has 6 nitrogen and oxygen atoms in total. The SMILES string of the molecule is O=C1c2ccccc2NC(c2cnc3ccccc3n2)N1[O-]. The molecule has 108 valence electrons. The Kier molecular flexibility index (Phi) is 2.77. The first-order valence-corrected chi connectivity index (χ1v) is 6.82. The molecule has 0 bridgehead atoms. The lowest BCUT2D eigenvalue weighted by Gasteiger charge is -2.41. The van der Waals surface area contributed by atoms with E-state index in [1.54, 1.807) is 18.2 Å². The third-order valence-electron chi connectivity index (χ3n) is 3.63. The van der Waals surface area contributed by atoms with E-state index in [4.69, 9.17) is 0 Å². The zero-order valence-corrected chi connectivity index (χ0v) is 11.4. The number of aromatic nitrogens is 2. The summed E-state index contributed by atoms with van der Waals surface area (Å²) in [6, 6.07) is 14.3. The molecule has 6 heteroatoms. The highest BCUT2D eigenvalue weighted by Crippen LogP contribution is 2.31. The van der Waals surface area contributed by atoms with Gasteiger partial charge in [-0.25, -0.2) is 4.98 Å². The fourth-order valence-electron chi connectivity index (χ4n) is 2.53. The van der Waals surface area contributed by atoms with Crippen molar-refractivity contribution in [3.8, 4) is 0 Å². The van der Waals surface area contributed by atoms with E-state index in [-0.39, 0.29) is 0 Å². The molecular weight excluding hydrogens is 280 g/mol. The second-order valence-corrected chi connectivity index (χ2v) is 5.01. The van der Waals surface area contributed by atoms with Crippen LogP contribution in [0, 0.1) is 5.21 Å². The van der Waals surface area contributed by atoms with Crippen molar-refractivity contribution in [3.05, 3.63) is 71.2 Å². The maximum atomic E-state index is 12.3. The Hall–Kier alpha value is -2.99. The Balaban J connectivity index is 1.80. The summed E-state index contributed by atoms with van der Waals surface area (Å²) in [6.07, 6.45) is 0.644. The third-order valence-corrected chi connectivity index (χ3v) is 3.63. The molecule has 1 aliphatic rings. The van der Waals surface area contributed by atoms with Gasteiger partial charge in [0.1, 0.15) is 11.9 Å². The van der Waals surface area contributed by atoms with E-state index >= 15 is 0 Å². The summed E-state index contributed by atoms with van der Waals surface area (Å²) in [6.45, 7) is 0. The molecule has 0 spiro atoms. The number of rotatable bonds is 1. The molecule has 1 aliphatic heterocycles. The lowest BCUT2D eigenvalue weighted by molar-refractivity contribution is 0.0769. The van der Waals surface area contributed by atoms with Crippen LogP contribution in [0.15, 0.2) is 54.7 Å². The Morgan fingerprint density at radius 1 is 1.05 bits per heavy atom. The van der Waals surface area contributed by atoms with Crippen molar-refractivity contribution in [2.75, 3.05) is 5.32 Å². The summed E-state index contributed by atoms with van der Waals surface area (Å²) < 4.78 is 0. The summed E-state index contributed by atoms with van der Waals surface area (Å²) >= 11 is 0. The van der Waals surface area contributed by atoms with Gasteiger partial charge < -0.3 is 15.6 Å². The van der Waals surface area contributed by atoms with Gasteiger partial charge in [-0.2, -0.15) is 0 Å². The molecule has 1 N–H and O–H groups in total. The number of carbonyl (C=O) groups is 1. The summed E-state index contributed by atoms with van der Waals surface area (Å²) in [4.78, 5) is 20.9. The van der Waals surface area contributed by atoms with Crippen LogP contribution in [-0.2, 0) is 0 Å². The van der Waals surface area contributed by atoms with Gasteiger partial charge >= 0.3 is 0 Å². The van der Waals surface area contributed by atoms with Gasteiger partial charge in [-0.1, -0.05) is 24.3 Å². The molecule has 0 saturated carbocycles. The quantitative estimate of drug-likeness (QED) is 0.745. The minimum atomic E-state index is -0.875. The van der Waals surface area contributed by atoms with E-state index < -0.39 is 12.1 Å². The first-order valence-electron chi connectivity index (χ1n) is 6.82. The Morgan fingerprint density at radius 2 is 1.77 bits per heavy atom. The first-order chi connectivity index (χ1) is 10.7. The van der Waals surface area contributed by atoms with Crippen LogP contribution in [0.4, 0.5) is 5.69 Å². The van der Waals surface area contributed by atoms with Crippen molar-refractivity contribution in [2.24, 2.45) is 0 Å². The molecule has 0 fully saturated rings. The molecule has 1 aromatic heterocycles. The highest BCUT2D eigenvalue weighted by molar-refractivity contribution is 6.01. The zero-order valence-electron chi connectivity index (χ0n) is 11.4. The molecular formula is C16H11N4O2-. The zero-order chi connectivity index (χ0) is 15.1. The summed E-state index contributed by atoms with van der Waals surface area (Å²) in [5, 5.41) is 15.7. The topological polar surface area (TPSA) is 81.2 Å². The Morgan fingerprint density at radius 3 is 2.64 bits per heavy atom. The van der Waals surface area contributed by atoms with Crippen molar-refractivity contribution in [2.45, 2.75) is 6.17 Å². The van der Waals surface area contributed by atoms with Crippen molar-refractivity contribution in [1.29, 1.82) is 0 Å². The predicted octanol–water partition coefficient (Wildman–Crippen LogP) is 2.69. The van der Waals surface area contributed by atoms with Crippen LogP contribution in [0.3, 0.4) is 0 Å². The van der Waals surface area contributed by atoms with Gasteiger partial charge in [-0.15, -0.1) is 0 Å². The smallest absolute Gasteiger partial charge is 0.247 e. The van der Waals surface area contributed by atoms with Crippen LogP contribution in [0.5, 0.6) is 0 Å². The molecule has 1 unspecified atom stereocenters. The lowest BCUT2D eigenvalue weighted by Crippen LogP contribution is -2.39. The maximum absolute atomic E-state index is 12.3. The number of fused-ring (bicyclic) bond motifs is 2. The number of nitrogens with one attached hydrogen (secondary N) is 1. The summed E-state index contributed by atoms with van der Waals surface area (Å²) in [5.41, 5.74) is 2.83. The van der Waals surface area contributed by atoms with E-state index in [1.807, 2.05) is 30.3 Å². The Bertz CT molecular complexity index is 881. The van der Waals surface area contributed by atoms with Gasteiger partial charge in [-0.3, -0.25) is 9.78 Å². The van der Waals surface area contributed by atoms with Crippen molar-refractivity contribution in [1.82, 2.24) is 15.0 Å². The standard InChI is InChI=1S/C16H11N4O2/c21-16-10-5-1-2-6-11(10)19-15(20(16)22)14-9-17-12-7-3-4-8-13(12)18-14/h1-9,15,19H/q-1. The van der Waals surface area contributed by atoms with Gasteiger partial charge in [0.15, 0.2) is 0 Å². The lowest BCUT2D eigenvalue weighted by atomic mass is 10.1. The van der Waals surface area contributed by atoms with Crippen molar-refractivity contribution >= 4 is 22.6 Å². The second-order valence-electron chi connectivity index (χ2n) is 5.01. The van der Waals surface area contributed by atoms with Crippen LogP contribution in [0.25, 0.3) is 11.0 Å². The number of amides is 1. The Labute approximate surface area is 126 Å². The average molecular weight is 291 g/mol. The number of para-hydroxylation sites is 3. The summed E-state index contributed by atoms with van der Waals surface area (Å²) in [5.74, 6) is -0.575.